The highest BCUT2D eigenvalue weighted by atomic mass is 14.5. The predicted octanol–water partition coefficient (Wildman–Crippen LogP) is 5.46. The molecule has 0 amide bonds. The van der Waals surface area contributed by atoms with E-state index in [0.717, 1.165) is 18.6 Å². The summed E-state index contributed by atoms with van der Waals surface area (Å²) in [4.78, 5) is 0. The zero-order valence-corrected chi connectivity index (χ0v) is 13.1. The molecule has 1 nitrogen and oxygen atoms in total. The minimum Gasteiger partial charge on any atom is -0.309 e. The molecule has 0 rings (SSSR count). The van der Waals surface area contributed by atoms with Gasteiger partial charge in [-0.05, 0) is 31.1 Å². The lowest BCUT2D eigenvalue weighted by atomic mass is 9.71. The average Bonchev–Trinajstić information content (AvgIpc) is 2.24. The second-order valence-corrected chi connectivity index (χ2v) is 6.25. The Morgan fingerprint density at radius 3 is 1.76 bits per heavy atom. The number of allylic oxidation sites excluding steroid dienone is 2. The molecule has 0 aromatic carbocycles. The van der Waals surface area contributed by atoms with Gasteiger partial charge in [-0.3, -0.25) is 0 Å². The van der Waals surface area contributed by atoms with Crippen molar-refractivity contribution in [3.8, 4) is 0 Å². The molecule has 0 heterocycles. The van der Waals surface area contributed by atoms with E-state index < -0.39 is 0 Å². The van der Waals surface area contributed by atoms with E-state index in [2.05, 4.69) is 55.4 Å². The molecule has 100 valence electrons. The Bertz CT molecular complexity index is 291. The molecule has 0 radical (unpaired) electrons. The molecule has 0 aliphatic carbocycles. The molecular weight excluding hydrogens is 206 g/mol. The first-order chi connectivity index (χ1) is 7.66. The van der Waals surface area contributed by atoms with E-state index in [9.17, 15) is 0 Å². The van der Waals surface area contributed by atoms with Gasteiger partial charge in [0.15, 0.2) is 0 Å². The van der Waals surface area contributed by atoms with Gasteiger partial charge in [-0.25, -0.2) is 0 Å². The fraction of sp³-hybridized carbons (Fsp3) is 0.812. The molecule has 0 fully saturated rings. The van der Waals surface area contributed by atoms with Gasteiger partial charge in [0.05, 0.1) is 0 Å². The first kappa shape index (κ1) is 16.4. The standard InChI is InChI=1S/C16H31N/c1-9-11(3)15(16(6,7)8)13(5)12(4)14(17)10-2/h12-13,17H,9-10H2,1-8H3. The van der Waals surface area contributed by atoms with Gasteiger partial charge in [0.1, 0.15) is 0 Å². The molecule has 1 N–H and O–H groups in total. The molecule has 2 atom stereocenters. The monoisotopic (exact) mass is 237 g/mol. The summed E-state index contributed by atoms with van der Waals surface area (Å²) in [5, 5.41) is 8.05. The highest BCUT2D eigenvalue weighted by molar-refractivity contribution is 5.83. The van der Waals surface area contributed by atoms with Gasteiger partial charge in [-0.2, -0.15) is 0 Å². The number of nitrogens with one attached hydrogen (secondary N) is 1. The highest BCUT2D eigenvalue weighted by Gasteiger charge is 2.28. The van der Waals surface area contributed by atoms with Gasteiger partial charge in [0.2, 0.25) is 0 Å². The summed E-state index contributed by atoms with van der Waals surface area (Å²) in [5.41, 5.74) is 4.14. The third kappa shape index (κ3) is 4.29. The lowest BCUT2D eigenvalue weighted by molar-refractivity contribution is 0.394. The number of rotatable bonds is 5. The van der Waals surface area contributed by atoms with E-state index >= 15 is 0 Å². The summed E-state index contributed by atoms with van der Waals surface area (Å²) >= 11 is 0. The fourth-order valence-electron chi connectivity index (χ4n) is 2.78. The molecule has 2 unspecified atom stereocenters. The molecule has 0 saturated heterocycles. The lowest BCUT2D eigenvalue weighted by Crippen LogP contribution is -2.26. The number of hydrogen-bond acceptors (Lipinski definition) is 1. The van der Waals surface area contributed by atoms with Crippen LogP contribution in [0.3, 0.4) is 0 Å². The quantitative estimate of drug-likeness (QED) is 0.485. The summed E-state index contributed by atoms with van der Waals surface area (Å²) in [6, 6.07) is 0. The van der Waals surface area contributed by atoms with Crippen molar-refractivity contribution < 1.29 is 0 Å². The van der Waals surface area contributed by atoms with Crippen molar-refractivity contribution in [2.45, 2.75) is 68.2 Å². The second-order valence-electron chi connectivity index (χ2n) is 6.25. The predicted molar refractivity (Wildman–Crippen MR) is 78.8 cm³/mol. The molecule has 0 spiro atoms. The minimum absolute atomic E-state index is 0.210. The zero-order valence-electron chi connectivity index (χ0n) is 13.1. The minimum atomic E-state index is 0.210. The smallest absolute Gasteiger partial charge is 0.0120 e. The van der Waals surface area contributed by atoms with E-state index in [1.165, 1.54) is 5.57 Å². The van der Waals surface area contributed by atoms with Crippen LogP contribution in [0.25, 0.3) is 0 Å². The van der Waals surface area contributed by atoms with Crippen molar-refractivity contribution in [3.05, 3.63) is 11.1 Å². The molecule has 0 aromatic heterocycles. The van der Waals surface area contributed by atoms with Crippen molar-refractivity contribution in [1.82, 2.24) is 0 Å². The van der Waals surface area contributed by atoms with Gasteiger partial charge < -0.3 is 5.41 Å². The highest BCUT2D eigenvalue weighted by Crippen LogP contribution is 2.38. The summed E-state index contributed by atoms with van der Waals surface area (Å²) in [5.74, 6) is 0.832. The maximum atomic E-state index is 8.05. The van der Waals surface area contributed by atoms with Crippen LogP contribution in [0.4, 0.5) is 0 Å². The van der Waals surface area contributed by atoms with Gasteiger partial charge in [-0.15, -0.1) is 0 Å². The van der Waals surface area contributed by atoms with Gasteiger partial charge in [0, 0.05) is 11.6 Å². The average molecular weight is 237 g/mol. The van der Waals surface area contributed by atoms with Crippen LogP contribution in [0.2, 0.25) is 0 Å². The van der Waals surface area contributed by atoms with Crippen molar-refractivity contribution in [2.75, 3.05) is 0 Å². The summed E-state index contributed by atoms with van der Waals surface area (Å²) in [7, 11) is 0. The Morgan fingerprint density at radius 2 is 1.47 bits per heavy atom. The molecule has 0 aliphatic heterocycles. The maximum Gasteiger partial charge on any atom is 0.0120 e. The first-order valence-electron chi connectivity index (χ1n) is 6.94. The van der Waals surface area contributed by atoms with Crippen LogP contribution in [0.15, 0.2) is 11.1 Å². The molecular formula is C16H31N. The topological polar surface area (TPSA) is 23.9 Å². The van der Waals surface area contributed by atoms with Crippen LogP contribution in [0.5, 0.6) is 0 Å². The molecule has 17 heavy (non-hydrogen) atoms. The summed E-state index contributed by atoms with van der Waals surface area (Å²) in [6.07, 6.45) is 1.98. The van der Waals surface area contributed by atoms with Gasteiger partial charge in [0.25, 0.3) is 0 Å². The Kier molecular flexibility index (Phi) is 6.15. The molecule has 0 bridgehead atoms. The normalized spacial score (nSPS) is 17.4. The SMILES string of the molecule is CCC(=N)C(C)C(C)C(=C(C)CC)C(C)(C)C. The summed E-state index contributed by atoms with van der Waals surface area (Å²) < 4.78 is 0. The van der Waals surface area contributed by atoms with Crippen LogP contribution < -0.4 is 0 Å². The van der Waals surface area contributed by atoms with Crippen molar-refractivity contribution >= 4 is 5.71 Å². The van der Waals surface area contributed by atoms with Crippen LogP contribution in [-0.2, 0) is 0 Å². The molecule has 0 saturated carbocycles. The Morgan fingerprint density at radius 1 is 1.00 bits per heavy atom. The van der Waals surface area contributed by atoms with E-state index in [-0.39, 0.29) is 5.41 Å². The third-order valence-corrected chi connectivity index (χ3v) is 3.93. The molecule has 0 aromatic rings. The van der Waals surface area contributed by atoms with Crippen LogP contribution in [0, 0.1) is 22.7 Å². The van der Waals surface area contributed by atoms with E-state index in [4.69, 9.17) is 5.41 Å². The van der Waals surface area contributed by atoms with Gasteiger partial charge in [-0.1, -0.05) is 59.6 Å². The first-order valence-corrected chi connectivity index (χ1v) is 6.94. The lowest BCUT2D eigenvalue weighted by Gasteiger charge is -2.34. The Hall–Kier alpha value is -0.590. The zero-order chi connectivity index (χ0) is 13.8. The van der Waals surface area contributed by atoms with Crippen molar-refractivity contribution in [3.63, 3.8) is 0 Å². The number of hydrogen-bond donors (Lipinski definition) is 1. The van der Waals surface area contributed by atoms with E-state index in [0.29, 0.717) is 11.8 Å². The third-order valence-electron chi connectivity index (χ3n) is 3.93. The summed E-state index contributed by atoms with van der Waals surface area (Å²) in [6.45, 7) is 17.9. The van der Waals surface area contributed by atoms with Crippen molar-refractivity contribution in [1.29, 1.82) is 5.41 Å². The van der Waals surface area contributed by atoms with Crippen molar-refractivity contribution in [2.24, 2.45) is 17.3 Å². The maximum absolute atomic E-state index is 8.05. The second kappa shape index (κ2) is 6.37. The largest absolute Gasteiger partial charge is 0.309 e. The molecule has 1 heteroatoms. The van der Waals surface area contributed by atoms with Crippen LogP contribution in [-0.4, -0.2) is 5.71 Å². The Balaban J connectivity index is 5.31. The van der Waals surface area contributed by atoms with Gasteiger partial charge >= 0.3 is 0 Å². The van der Waals surface area contributed by atoms with E-state index in [1.54, 1.807) is 5.57 Å². The Labute approximate surface area is 108 Å². The van der Waals surface area contributed by atoms with Crippen LogP contribution in [0.1, 0.15) is 68.2 Å². The molecule has 0 aliphatic rings. The van der Waals surface area contributed by atoms with E-state index in [1.807, 2.05) is 0 Å². The van der Waals surface area contributed by atoms with Crippen LogP contribution >= 0.6 is 0 Å². The fourth-order valence-corrected chi connectivity index (χ4v) is 2.78.